The number of carbonyl (C=O) groups is 1. The first-order valence-corrected chi connectivity index (χ1v) is 15.6. The summed E-state index contributed by atoms with van der Waals surface area (Å²) in [5.41, 5.74) is 5.51. The Balaban J connectivity index is 0.00000226. The van der Waals surface area contributed by atoms with E-state index >= 15 is 0 Å². The minimum atomic E-state index is 0.263. The van der Waals surface area contributed by atoms with Crippen molar-refractivity contribution in [2.75, 3.05) is 18.7 Å². The van der Waals surface area contributed by atoms with Gasteiger partial charge in [0, 0.05) is 34.8 Å². The number of alkyl halides is 1. The fourth-order valence-electron chi connectivity index (χ4n) is 4.00. The van der Waals surface area contributed by atoms with Crippen molar-refractivity contribution in [3.8, 4) is 28.4 Å². The van der Waals surface area contributed by atoms with Crippen LogP contribution >= 0.6 is 35.0 Å². The molecule has 4 aromatic rings. The van der Waals surface area contributed by atoms with Crippen molar-refractivity contribution in [1.29, 1.82) is 0 Å². The summed E-state index contributed by atoms with van der Waals surface area (Å²) in [6.45, 7) is 7.21. The molecule has 8 heteroatoms. The number of carbonyl (C=O) groups excluding carboxylic acids is 1. The van der Waals surface area contributed by atoms with Crippen LogP contribution in [0.2, 0.25) is 5.02 Å². The second-order valence-corrected chi connectivity index (χ2v) is 10.4. The Morgan fingerprint density at radius 1 is 0.927 bits per heavy atom. The Morgan fingerprint density at radius 2 is 1.71 bits per heavy atom. The van der Waals surface area contributed by atoms with Crippen LogP contribution < -0.4 is 14.2 Å². The zero-order valence-corrected chi connectivity index (χ0v) is 26.1. The van der Waals surface area contributed by atoms with E-state index in [1.54, 1.807) is 36.3 Å². The molecule has 1 heterocycles. The molecule has 4 rings (SSSR count). The molecule has 3 aromatic carbocycles. The Hall–Kier alpha value is -3.19. The minimum absolute atomic E-state index is 0.263. The predicted octanol–water partition coefficient (Wildman–Crippen LogP) is 9.44. The van der Waals surface area contributed by atoms with Crippen LogP contribution in [0, 0.1) is 6.92 Å². The lowest BCUT2D eigenvalue weighted by Crippen LogP contribution is -2.03. The zero-order valence-electron chi connectivity index (χ0n) is 23.8. The highest BCUT2D eigenvalue weighted by atomic mass is 35.5. The smallest absolute Gasteiger partial charge is 0.153 e. The van der Waals surface area contributed by atoms with Gasteiger partial charge in [0.1, 0.15) is 30.5 Å². The first-order chi connectivity index (χ1) is 20.0. The molecule has 5 nitrogen and oxygen atoms in total. The van der Waals surface area contributed by atoms with Crippen molar-refractivity contribution < 1.29 is 19.0 Å². The van der Waals surface area contributed by atoms with E-state index in [-0.39, 0.29) is 6.61 Å². The maximum Gasteiger partial charge on any atom is 0.153 e. The summed E-state index contributed by atoms with van der Waals surface area (Å²) < 4.78 is 17.9. The second kappa shape index (κ2) is 16.9. The Labute approximate surface area is 257 Å². The number of rotatable bonds is 13. The van der Waals surface area contributed by atoms with Gasteiger partial charge < -0.3 is 14.2 Å². The molecule has 0 aliphatic heterocycles. The van der Waals surface area contributed by atoms with Crippen LogP contribution in [-0.4, -0.2) is 30.0 Å². The molecule has 0 saturated carbocycles. The number of halogens is 2. The predicted molar refractivity (Wildman–Crippen MR) is 170 cm³/mol. The first-order valence-electron chi connectivity index (χ1n) is 13.4. The SMILES string of the molecule is CC.CSc1cncc(COc2cc(OCc3cccc(-c4cccc(OCCCCl)c4)c3C)c(Cl)cc2C=O)c1. The average Bonchev–Trinajstić information content (AvgIpc) is 3.01. The van der Waals surface area contributed by atoms with E-state index in [0.29, 0.717) is 41.2 Å². The summed E-state index contributed by atoms with van der Waals surface area (Å²) >= 11 is 13.8. The molecule has 0 fully saturated rings. The number of nitrogens with zero attached hydrogens (tertiary/aromatic N) is 1. The maximum atomic E-state index is 11.7. The van der Waals surface area contributed by atoms with Gasteiger partial charge in [-0.3, -0.25) is 9.78 Å². The van der Waals surface area contributed by atoms with Gasteiger partial charge >= 0.3 is 0 Å². The van der Waals surface area contributed by atoms with Crippen molar-refractivity contribution in [2.24, 2.45) is 0 Å². The summed E-state index contributed by atoms with van der Waals surface area (Å²) in [5.74, 6) is 2.22. The van der Waals surface area contributed by atoms with E-state index in [1.807, 2.05) is 56.5 Å². The fourth-order valence-corrected chi connectivity index (χ4v) is 4.77. The van der Waals surface area contributed by atoms with E-state index in [2.05, 4.69) is 24.0 Å². The highest BCUT2D eigenvalue weighted by molar-refractivity contribution is 7.98. The van der Waals surface area contributed by atoms with Crippen molar-refractivity contribution in [3.63, 3.8) is 0 Å². The number of hydrogen-bond acceptors (Lipinski definition) is 6. The molecule has 0 bridgehead atoms. The second-order valence-electron chi connectivity index (χ2n) is 8.76. The summed E-state index contributed by atoms with van der Waals surface area (Å²) in [7, 11) is 0. The van der Waals surface area contributed by atoms with Gasteiger partial charge in [0.25, 0.3) is 0 Å². The summed E-state index contributed by atoms with van der Waals surface area (Å²) in [6, 6.07) is 19.4. The minimum Gasteiger partial charge on any atom is -0.494 e. The van der Waals surface area contributed by atoms with Gasteiger partial charge in [-0.15, -0.1) is 23.4 Å². The molecule has 0 radical (unpaired) electrons. The molecule has 0 spiro atoms. The third-order valence-electron chi connectivity index (χ3n) is 6.11. The number of pyridine rings is 1. The van der Waals surface area contributed by atoms with Crippen LogP contribution in [0.15, 0.2) is 78.0 Å². The highest BCUT2D eigenvalue weighted by Gasteiger charge is 2.14. The fraction of sp³-hybridized carbons (Fsp3) is 0.273. The van der Waals surface area contributed by atoms with Gasteiger partial charge in [-0.1, -0.05) is 55.8 Å². The molecule has 0 aliphatic carbocycles. The quantitative estimate of drug-likeness (QED) is 0.0649. The van der Waals surface area contributed by atoms with Crippen molar-refractivity contribution >= 4 is 41.2 Å². The molecule has 0 N–H and O–H groups in total. The van der Waals surface area contributed by atoms with Crippen LogP contribution in [0.4, 0.5) is 0 Å². The van der Waals surface area contributed by atoms with Crippen LogP contribution in [0.5, 0.6) is 17.2 Å². The van der Waals surface area contributed by atoms with Crippen LogP contribution in [0.1, 0.15) is 47.3 Å². The topological polar surface area (TPSA) is 57.6 Å². The number of hydrogen-bond donors (Lipinski definition) is 0. The molecule has 1 aromatic heterocycles. The van der Waals surface area contributed by atoms with Gasteiger partial charge in [0.2, 0.25) is 0 Å². The van der Waals surface area contributed by atoms with Gasteiger partial charge in [-0.2, -0.15) is 0 Å². The lowest BCUT2D eigenvalue weighted by atomic mass is 9.96. The van der Waals surface area contributed by atoms with E-state index in [4.69, 9.17) is 37.4 Å². The molecule has 0 unspecified atom stereocenters. The Morgan fingerprint density at radius 3 is 2.46 bits per heavy atom. The van der Waals surface area contributed by atoms with Gasteiger partial charge in [-0.25, -0.2) is 0 Å². The van der Waals surface area contributed by atoms with E-state index in [9.17, 15) is 4.79 Å². The first kappa shape index (κ1) is 32.3. The largest absolute Gasteiger partial charge is 0.494 e. The molecule has 0 saturated heterocycles. The molecule has 41 heavy (non-hydrogen) atoms. The van der Waals surface area contributed by atoms with Crippen molar-refractivity contribution in [1.82, 2.24) is 4.98 Å². The van der Waals surface area contributed by atoms with Crippen LogP contribution in [0.3, 0.4) is 0 Å². The summed E-state index contributed by atoms with van der Waals surface area (Å²) in [5, 5.41) is 0.339. The lowest BCUT2D eigenvalue weighted by molar-refractivity contribution is 0.111. The Bertz CT molecular complexity index is 1430. The number of aldehydes is 1. The van der Waals surface area contributed by atoms with E-state index < -0.39 is 0 Å². The number of thioether (sulfide) groups is 1. The van der Waals surface area contributed by atoms with Crippen molar-refractivity contribution in [3.05, 3.63) is 100 Å². The van der Waals surface area contributed by atoms with Gasteiger partial charge in [-0.05, 0) is 66.1 Å². The number of aromatic nitrogens is 1. The molecular formula is C33H35Cl2NO4S. The molecule has 0 amide bonds. The van der Waals surface area contributed by atoms with Gasteiger partial charge in [0.15, 0.2) is 6.29 Å². The van der Waals surface area contributed by atoms with E-state index in [1.165, 1.54) is 0 Å². The molecule has 0 aliphatic rings. The van der Waals surface area contributed by atoms with Crippen LogP contribution in [-0.2, 0) is 13.2 Å². The average molecular weight is 613 g/mol. The summed E-state index contributed by atoms with van der Waals surface area (Å²) in [4.78, 5) is 17.0. The third kappa shape index (κ3) is 9.15. The maximum absolute atomic E-state index is 11.7. The normalized spacial score (nSPS) is 10.4. The number of benzene rings is 3. The monoisotopic (exact) mass is 611 g/mol. The summed E-state index contributed by atoms with van der Waals surface area (Å²) in [6.07, 6.45) is 7.05. The molecule has 216 valence electrons. The van der Waals surface area contributed by atoms with Crippen molar-refractivity contribution in [2.45, 2.75) is 45.3 Å². The zero-order chi connectivity index (χ0) is 29.6. The van der Waals surface area contributed by atoms with Gasteiger partial charge in [0.05, 0.1) is 17.2 Å². The third-order valence-corrected chi connectivity index (χ3v) is 7.37. The highest BCUT2D eigenvalue weighted by Crippen LogP contribution is 2.34. The lowest BCUT2D eigenvalue weighted by Gasteiger charge is -2.16. The van der Waals surface area contributed by atoms with E-state index in [0.717, 1.165) is 51.2 Å². The van der Waals surface area contributed by atoms with Crippen LogP contribution in [0.25, 0.3) is 11.1 Å². The molecule has 0 atom stereocenters. The molecular weight excluding hydrogens is 577 g/mol. The standard InChI is InChI=1S/C31H29Cl2NO4S.C2H6/c1-21-24(7-4-9-28(21)23-6-3-8-26(13-23)36-11-5-10-32)20-38-31-15-30(25(18-35)14-29(31)33)37-19-22-12-27(39-2)17-34-16-22;1-2/h3-4,6-9,12-18H,5,10-11,19-20H2,1-2H3;1-2H3. The number of ether oxygens (including phenoxy) is 3. The Kier molecular flexibility index (Phi) is 13.3.